The zero-order chi connectivity index (χ0) is 11.0. The van der Waals surface area contributed by atoms with E-state index in [0.717, 1.165) is 0 Å². The Morgan fingerprint density at radius 1 is 1.36 bits per heavy atom. The van der Waals surface area contributed by atoms with Crippen molar-refractivity contribution in [2.75, 3.05) is 0 Å². The van der Waals surface area contributed by atoms with Crippen molar-refractivity contribution in [3.05, 3.63) is 30.1 Å². The van der Waals surface area contributed by atoms with Crippen molar-refractivity contribution < 1.29 is 14.7 Å². The van der Waals surface area contributed by atoms with Gasteiger partial charge in [-0.15, -0.1) is 0 Å². The minimum Gasteiger partial charge on any atom is -0.481 e. The van der Waals surface area contributed by atoms with Crippen LogP contribution in [-0.2, 0) is 4.79 Å². The van der Waals surface area contributed by atoms with Crippen molar-refractivity contribution >= 4 is 11.8 Å². The number of carboxylic acid groups (broad SMARTS) is 1. The van der Waals surface area contributed by atoms with Crippen LogP contribution in [0.25, 0.3) is 0 Å². The number of hydrogen-bond acceptors (Lipinski definition) is 3. The van der Waals surface area contributed by atoms with Gasteiger partial charge in [-0.05, 0) is 12.1 Å². The quantitative estimate of drug-likeness (QED) is 0.589. The Labute approximate surface area is 82.6 Å². The Bertz CT molecular complexity index is 295. The maximum atomic E-state index is 11.0. The van der Waals surface area contributed by atoms with Crippen molar-refractivity contribution in [2.24, 2.45) is 0 Å². The van der Waals surface area contributed by atoms with E-state index in [1.165, 1.54) is 12.3 Å². The second-order valence-corrected chi connectivity index (χ2v) is 2.21. The van der Waals surface area contributed by atoms with Crippen LogP contribution >= 0.6 is 0 Å². The number of pyridine rings is 1. The molecular formula is C10H13NO3. The highest BCUT2D eigenvalue weighted by Crippen LogP contribution is 1.98. The lowest BCUT2D eigenvalue weighted by atomic mass is 10.2. The van der Waals surface area contributed by atoms with Gasteiger partial charge in [0, 0.05) is 6.20 Å². The maximum absolute atomic E-state index is 11.0. The summed E-state index contributed by atoms with van der Waals surface area (Å²) in [6.45, 7) is 4.00. The SMILES string of the molecule is CC.O=C(O)CC(=O)c1ccccn1. The van der Waals surface area contributed by atoms with Crippen LogP contribution in [0.15, 0.2) is 24.4 Å². The van der Waals surface area contributed by atoms with Gasteiger partial charge in [0.15, 0.2) is 5.78 Å². The Balaban J connectivity index is 0.000000791. The molecule has 0 spiro atoms. The summed E-state index contributed by atoms with van der Waals surface area (Å²) in [5.74, 6) is -1.60. The van der Waals surface area contributed by atoms with Crippen LogP contribution in [-0.4, -0.2) is 21.8 Å². The standard InChI is InChI=1S/C8H7NO3.C2H6/c10-7(5-8(11)12)6-3-1-2-4-9-6;1-2/h1-4H,5H2,(H,11,12);1-2H3. The van der Waals surface area contributed by atoms with Crippen molar-refractivity contribution in [1.29, 1.82) is 0 Å². The number of carbonyl (C=O) groups excluding carboxylic acids is 1. The molecule has 0 aliphatic carbocycles. The van der Waals surface area contributed by atoms with Gasteiger partial charge in [-0.3, -0.25) is 14.6 Å². The molecule has 4 nitrogen and oxygen atoms in total. The molecule has 1 aromatic heterocycles. The largest absolute Gasteiger partial charge is 0.481 e. The Morgan fingerprint density at radius 2 is 2.00 bits per heavy atom. The van der Waals surface area contributed by atoms with Crippen LogP contribution in [0.5, 0.6) is 0 Å². The fourth-order valence-corrected chi connectivity index (χ4v) is 0.756. The summed E-state index contributed by atoms with van der Waals surface area (Å²) in [4.78, 5) is 24.9. The van der Waals surface area contributed by atoms with E-state index in [2.05, 4.69) is 4.98 Å². The summed E-state index contributed by atoms with van der Waals surface area (Å²) < 4.78 is 0. The molecule has 0 radical (unpaired) electrons. The van der Waals surface area contributed by atoms with Gasteiger partial charge in [0.05, 0.1) is 0 Å². The Hall–Kier alpha value is -1.71. The van der Waals surface area contributed by atoms with Gasteiger partial charge < -0.3 is 5.11 Å². The lowest BCUT2D eigenvalue weighted by Crippen LogP contribution is -2.08. The Kier molecular flexibility index (Phi) is 5.94. The topological polar surface area (TPSA) is 67.3 Å². The first-order chi connectivity index (χ1) is 6.70. The molecule has 0 unspecified atom stereocenters. The fourth-order valence-electron chi connectivity index (χ4n) is 0.756. The van der Waals surface area contributed by atoms with Gasteiger partial charge in [-0.25, -0.2) is 0 Å². The third-order valence-corrected chi connectivity index (χ3v) is 1.26. The molecule has 0 bridgehead atoms. The second kappa shape index (κ2) is 6.77. The average molecular weight is 195 g/mol. The number of carbonyl (C=O) groups is 2. The van der Waals surface area contributed by atoms with E-state index in [9.17, 15) is 9.59 Å². The van der Waals surface area contributed by atoms with Crippen molar-refractivity contribution in [2.45, 2.75) is 20.3 Å². The molecule has 0 amide bonds. The Morgan fingerprint density at radius 3 is 2.43 bits per heavy atom. The molecule has 0 fully saturated rings. The zero-order valence-electron chi connectivity index (χ0n) is 8.23. The molecule has 0 saturated carbocycles. The number of rotatable bonds is 3. The molecule has 0 aromatic carbocycles. The third kappa shape index (κ3) is 4.35. The highest BCUT2D eigenvalue weighted by molar-refractivity contribution is 6.04. The van der Waals surface area contributed by atoms with Crippen LogP contribution in [0.4, 0.5) is 0 Å². The molecule has 0 aliphatic heterocycles. The molecule has 0 aliphatic rings. The van der Waals surface area contributed by atoms with E-state index >= 15 is 0 Å². The summed E-state index contributed by atoms with van der Waals surface area (Å²) >= 11 is 0. The van der Waals surface area contributed by atoms with Crippen molar-refractivity contribution in [3.8, 4) is 0 Å². The van der Waals surface area contributed by atoms with E-state index in [1.807, 2.05) is 13.8 Å². The van der Waals surface area contributed by atoms with Gasteiger partial charge in [0.2, 0.25) is 0 Å². The number of ketones is 1. The van der Waals surface area contributed by atoms with E-state index in [-0.39, 0.29) is 5.69 Å². The molecule has 0 saturated heterocycles. The normalized spacial score (nSPS) is 8.43. The number of Topliss-reactive ketones (excluding diaryl/α,β-unsaturated/α-hetero) is 1. The molecule has 76 valence electrons. The van der Waals surface area contributed by atoms with Crippen LogP contribution < -0.4 is 0 Å². The van der Waals surface area contributed by atoms with Gasteiger partial charge in [-0.2, -0.15) is 0 Å². The van der Waals surface area contributed by atoms with E-state index in [0.29, 0.717) is 0 Å². The zero-order valence-corrected chi connectivity index (χ0v) is 8.23. The predicted octanol–water partition coefficient (Wildman–Crippen LogP) is 1.77. The fraction of sp³-hybridized carbons (Fsp3) is 0.300. The molecule has 1 heterocycles. The third-order valence-electron chi connectivity index (χ3n) is 1.26. The van der Waals surface area contributed by atoms with Gasteiger partial charge in [0.1, 0.15) is 12.1 Å². The number of aromatic nitrogens is 1. The number of nitrogens with zero attached hydrogens (tertiary/aromatic N) is 1. The minimum atomic E-state index is -1.13. The second-order valence-electron chi connectivity index (χ2n) is 2.21. The first kappa shape index (κ1) is 12.3. The number of hydrogen-bond donors (Lipinski definition) is 1. The summed E-state index contributed by atoms with van der Waals surface area (Å²) in [5, 5.41) is 8.30. The molecule has 14 heavy (non-hydrogen) atoms. The van der Waals surface area contributed by atoms with E-state index in [1.54, 1.807) is 12.1 Å². The van der Waals surface area contributed by atoms with Gasteiger partial charge in [-0.1, -0.05) is 19.9 Å². The van der Waals surface area contributed by atoms with Crippen molar-refractivity contribution in [3.63, 3.8) is 0 Å². The lowest BCUT2D eigenvalue weighted by molar-refractivity contribution is -0.135. The molecular weight excluding hydrogens is 182 g/mol. The van der Waals surface area contributed by atoms with Crippen molar-refractivity contribution in [1.82, 2.24) is 4.98 Å². The predicted molar refractivity (Wildman–Crippen MR) is 52.2 cm³/mol. The summed E-state index contributed by atoms with van der Waals surface area (Å²) in [7, 11) is 0. The van der Waals surface area contributed by atoms with Crippen LogP contribution in [0.2, 0.25) is 0 Å². The molecule has 1 N–H and O–H groups in total. The molecule has 1 rings (SSSR count). The monoisotopic (exact) mass is 195 g/mol. The minimum absolute atomic E-state index is 0.194. The number of aliphatic carboxylic acids is 1. The molecule has 0 atom stereocenters. The van der Waals surface area contributed by atoms with Crippen LogP contribution in [0.3, 0.4) is 0 Å². The lowest BCUT2D eigenvalue weighted by Gasteiger charge is -1.94. The van der Waals surface area contributed by atoms with Gasteiger partial charge >= 0.3 is 5.97 Å². The smallest absolute Gasteiger partial charge is 0.311 e. The number of carboxylic acids is 1. The highest BCUT2D eigenvalue weighted by Gasteiger charge is 2.10. The summed E-state index contributed by atoms with van der Waals surface area (Å²) in [5.41, 5.74) is 0.194. The molecule has 4 heteroatoms. The first-order valence-corrected chi connectivity index (χ1v) is 4.36. The van der Waals surface area contributed by atoms with Crippen LogP contribution in [0.1, 0.15) is 30.8 Å². The van der Waals surface area contributed by atoms with E-state index < -0.39 is 18.2 Å². The van der Waals surface area contributed by atoms with Crippen LogP contribution in [0, 0.1) is 0 Å². The molecule has 1 aromatic rings. The summed E-state index contributed by atoms with van der Waals surface area (Å²) in [6, 6.07) is 4.80. The average Bonchev–Trinajstić information content (AvgIpc) is 2.21. The maximum Gasteiger partial charge on any atom is 0.311 e. The van der Waals surface area contributed by atoms with Gasteiger partial charge in [0.25, 0.3) is 0 Å². The summed E-state index contributed by atoms with van der Waals surface area (Å²) in [6.07, 6.45) is 0.950. The van der Waals surface area contributed by atoms with E-state index in [4.69, 9.17) is 5.11 Å². The highest BCUT2D eigenvalue weighted by atomic mass is 16.4. The first-order valence-electron chi connectivity index (χ1n) is 4.36.